The normalized spacial score (nSPS) is 17.5. The van der Waals surface area contributed by atoms with E-state index in [4.69, 9.17) is 0 Å². The molecule has 1 amide bonds. The molecule has 0 aliphatic carbocycles. The third-order valence-electron chi connectivity index (χ3n) is 5.18. The minimum Gasteiger partial charge on any atom is -0.348 e. The third-order valence-corrected chi connectivity index (χ3v) is 5.18. The highest BCUT2D eigenvalue weighted by Gasteiger charge is 2.29. The number of piperidine rings is 1. The minimum atomic E-state index is 0.00449. The summed E-state index contributed by atoms with van der Waals surface area (Å²) in [5, 5.41) is 7.47. The molecular weight excluding hydrogens is 326 g/mol. The van der Waals surface area contributed by atoms with Gasteiger partial charge in [-0.1, -0.05) is 29.8 Å². The molecule has 1 aliphatic rings. The van der Waals surface area contributed by atoms with Crippen molar-refractivity contribution in [2.24, 2.45) is 0 Å². The van der Waals surface area contributed by atoms with Crippen molar-refractivity contribution >= 4 is 5.91 Å². The Morgan fingerprint density at radius 2 is 2.04 bits per heavy atom. The molecule has 3 heterocycles. The number of likely N-dealkylation sites (tertiary alicyclic amines) is 1. The van der Waals surface area contributed by atoms with Crippen LogP contribution in [0.1, 0.15) is 46.2 Å². The molecule has 134 valence electrons. The molecule has 1 aliphatic heterocycles. The zero-order valence-corrected chi connectivity index (χ0v) is 15.1. The van der Waals surface area contributed by atoms with Crippen molar-refractivity contribution < 1.29 is 4.79 Å². The fourth-order valence-corrected chi connectivity index (χ4v) is 3.69. The lowest BCUT2D eigenvalue weighted by atomic mass is 9.90. The van der Waals surface area contributed by atoms with Crippen LogP contribution in [0, 0.1) is 13.8 Å². The quantitative estimate of drug-likeness (QED) is 0.760. The van der Waals surface area contributed by atoms with Crippen molar-refractivity contribution in [1.82, 2.24) is 25.1 Å². The van der Waals surface area contributed by atoms with Gasteiger partial charge in [0, 0.05) is 36.0 Å². The average Bonchev–Trinajstić information content (AvgIpc) is 3.31. The zero-order valence-electron chi connectivity index (χ0n) is 15.1. The third kappa shape index (κ3) is 3.03. The first kappa shape index (κ1) is 16.6. The highest BCUT2D eigenvalue weighted by molar-refractivity contribution is 5.93. The minimum absolute atomic E-state index is 0.00449. The molecule has 0 saturated carbocycles. The Kier molecular flexibility index (Phi) is 4.32. The number of benzene rings is 1. The Balaban J connectivity index is 1.57. The summed E-state index contributed by atoms with van der Waals surface area (Å²) in [4.78, 5) is 21.9. The number of carbonyl (C=O) groups excluding carboxylic acids is 1. The number of nitrogens with one attached hydrogen (secondary N) is 2. The summed E-state index contributed by atoms with van der Waals surface area (Å²) in [6, 6.07) is 8.48. The number of amides is 1. The van der Waals surface area contributed by atoms with Gasteiger partial charge in [0.05, 0.1) is 12.5 Å². The Bertz CT molecular complexity index is 908. The van der Waals surface area contributed by atoms with Crippen LogP contribution in [0.4, 0.5) is 0 Å². The Morgan fingerprint density at radius 3 is 2.77 bits per heavy atom. The number of aromatic nitrogens is 4. The first-order valence-electron chi connectivity index (χ1n) is 9.03. The van der Waals surface area contributed by atoms with Crippen molar-refractivity contribution in [3.8, 4) is 11.1 Å². The van der Waals surface area contributed by atoms with E-state index in [1.807, 2.05) is 18.0 Å². The Morgan fingerprint density at radius 1 is 1.23 bits per heavy atom. The molecule has 6 heteroatoms. The molecule has 1 aromatic carbocycles. The van der Waals surface area contributed by atoms with Gasteiger partial charge in [0.2, 0.25) is 0 Å². The molecule has 2 N–H and O–H groups in total. The maximum absolute atomic E-state index is 12.8. The second-order valence-corrected chi connectivity index (χ2v) is 7.03. The lowest BCUT2D eigenvalue weighted by Gasteiger charge is -2.32. The summed E-state index contributed by atoms with van der Waals surface area (Å²) in [5.74, 6) is 0.260. The van der Waals surface area contributed by atoms with E-state index in [-0.39, 0.29) is 11.8 Å². The lowest BCUT2D eigenvalue weighted by Crippen LogP contribution is -2.39. The van der Waals surface area contributed by atoms with Gasteiger partial charge in [-0.3, -0.25) is 9.89 Å². The van der Waals surface area contributed by atoms with E-state index in [1.165, 1.54) is 5.56 Å². The van der Waals surface area contributed by atoms with Crippen LogP contribution >= 0.6 is 0 Å². The van der Waals surface area contributed by atoms with Gasteiger partial charge in [0.1, 0.15) is 5.69 Å². The number of carbonyl (C=O) groups is 1. The average molecular weight is 349 g/mol. The first-order valence-corrected chi connectivity index (χ1v) is 9.03. The van der Waals surface area contributed by atoms with E-state index in [0.717, 1.165) is 41.9 Å². The molecule has 0 radical (unpaired) electrons. The van der Waals surface area contributed by atoms with Gasteiger partial charge in [0.15, 0.2) is 0 Å². The summed E-state index contributed by atoms with van der Waals surface area (Å²) >= 11 is 0. The Hall–Kier alpha value is -2.89. The number of hydrogen-bond donors (Lipinski definition) is 2. The van der Waals surface area contributed by atoms with Crippen LogP contribution in [-0.2, 0) is 0 Å². The smallest absolute Gasteiger partial charge is 0.274 e. The van der Waals surface area contributed by atoms with E-state index in [0.29, 0.717) is 12.2 Å². The molecule has 0 unspecified atom stereocenters. The van der Waals surface area contributed by atoms with E-state index in [9.17, 15) is 4.79 Å². The van der Waals surface area contributed by atoms with Crippen LogP contribution in [0.3, 0.4) is 0 Å². The van der Waals surface area contributed by atoms with Gasteiger partial charge in [0.25, 0.3) is 5.91 Å². The first-order chi connectivity index (χ1) is 12.6. The van der Waals surface area contributed by atoms with Crippen molar-refractivity contribution in [2.45, 2.75) is 32.6 Å². The maximum atomic E-state index is 12.8. The number of aromatic amines is 2. The van der Waals surface area contributed by atoms with Gasteiger partial charge in [-0.15, -0.1) is 0 Å². The van der Waals surface area contributed by atoms with E-state index >= 15 is 0 Å². The summed E-state index contributed by atoms with van der Waals surface area (Å²) in [7, 11) is 0. The predicted molar refractivity (Wildman–Crippen MR) is 100.0 cm³/mol. The fraction of sp³-hybridized carbons (Fsp3) is 0.350. The molecule has 2 aromatic heterocycles. The van der Waals surface area contributed by atoms with Gasteiger partial charge in [-0.05, 0) is 32.3 Å². The summed E-state index contributed by atoms with van der Waals surface area (Å²) in [5.41, 5.74) is 5.98. The summed E-state index contributed by atoms with van der Waals surface area (Å²) in [6.45, 7) is 5.43. The molecule has 1 saturated heterocycles. The number of H-pyrrole nitrogens is 2. The second kappa shape index (κ2) is 6.78. The van der Waals surface area contributed by atoms with Crippen LogP contribution in [0.25, 0.3) is 11.1 Å². The van der Waals surface area contributed by atoms with Crippen molar-refractivity contribution in [1.29, 1.82) is 0 Å². The van der Waals surface area contributed by atoms with Crippen molar-refractivity contribution in [3.05, 3.63) is 59.4 Å². The monoisotopic (exact) mass is 349 g/mol. The molecule has 6 nitrogen and oxygen atoms in total. The van der Waals surface area contributed by atoms with Crippen LogP contribution in [-0.4, -0.2) is 44.1 Å². The molecule has 0 spiro atoms. The predicted octanol–water partition coefficient (Wildman–Crippen LogP) is 3.44. The van der Waals surface area contributed by atoms with Gasteiger partial charge in [-0.25, -0.2) is 4.98 Å². The van der Waals surface area contributed by atoms with Gasteiger partial charge in [-0.2, -0.15) is 5.10 Å². The summed E-state index contributed by atoms with van der Waals surface area (Å²) in [6.07, 6.45) is 5.49. The highest BCUT2D eigenvalue weighted by atomic mass is 16.2. The number of nitrogens with zero attached hydrogens (tertiary/aromatic N) is 3. The van der Waals surface area contributed by atoms with Crippen molar-refractivity contribution in [3.63, 3.8) is 0 Å². The molecular formula is C20H23N5O. The summed E-state index contributed by atoms with van der Waals surface area (Å²) < 4.78 is 0. The standard InChI is InChI=1S/C20H23N5O/c1-13-5-7-15(8-6-13)17-10-23-24-19(17)16-4-3-9-25(11-16)20(26)18-14(2)21-12-22-18/h5-8,10,12,16H,3-4,9,11H2,1-2H3,(H,21,22)(H,23,24)/t16-/m0/s1. The highest BCUT2D eigenvalue weighted by Crippen LogP contribution is 2.33. The SMILES string of the molecule is Cc1ccc(-c2cn[nH]c2[C@H]2CCCN(C(=O)c3nc[nH]c3C)C2)cc1. The number of aryl methyl sites for hydroxylation is 2. The lowest BCUT2D eigenvalue weighted by molar-refractivity contribution is 0.0700. The number of rotatable bonds is 3. The van der Waals surface area contributed by atoms with Gasteiger partial charge < -0.3 is 9.88 Å². The molecule has 3 aromatic rings. The van der Waals surface area contributed by atoms with Crippen LogP contribution in [0.5, 0.6) is 0 Å². The number of hydrogen-bond acceptors (Lipinski definition) is 3. The topological polar surface area (TPSA) is 77.7 Å². The van der Waals surface area contributed by atoms with Crippen LogP contribution in [0.15, 0.2) is 36.8 Å². The van der Waals surface area contributed by atoms with Crippen LogP contribution in [0.2, 0.25) is 0 Å². The molecule has 0 bridgehead atoms. The van der Waals surface area contributed by atoms with Gasteiger partial charge >= 0.3 is 0 Å². The molecule has 1 atom stereocenters. The molecule has 1 fully saturated rings. The zero-order chi connectivity index (χ0) is 18.1. The molecule has 4 rings (SSSR count). The van der Waals surface area contributed by atoms with E-state index in [2.05, 4.69) is 51.4 Å². The number of imidazole rings is 1. The second-order valence-electron chi connectivity index (χ2n) is 7.03. The van der Waals surface area contributed by atoms with Crippen LogP contribution < -0.4 is 0 Å². The van der Waals surface area contributed by atoms with E-state index < -0.39 is 0 Å². The molecule has 26 heavy (non-hydrogen) atoms. The maximum Gasteiger partial charge on any atom is 0.274 e. The Labute approximate surface area is 152 Å². The fourth-order valence-electron chi connectivity index (χ4n) is 3.69. The van der Waals surface area contributed by atoms with E-state index in [1.54, 1.807) is 6.33 Å². The van der Waals surface area contributed by atoms with Crippen molar-refractivity contribution in [2.75, 3.05) is 13.1 Å². The largest absolute Gasteiger partial charge is 0.348 e.